The molecule has 2 fully saturated rings. The molecule has 2 aromatic rings. The number of nitrogens with zero attached hydrogens (tertiary/aromatic N) is 1. The van der Waals surface area contributed by atoms with Crippen LogP contribution in [-0.4, -0.2) is 11.0 Å². The third-order valence-corrected chi connectivity index (χ3v) is 4.22. The van der Waals surface area contributed by atoms with E-state index in [4.69, 9.17) is 4.42 Å². The van der Waals surface area contributed by atoms with Crippen LogP contribution in [0.2, 0.25) is 0 Å². The largest absolute Gasteiger partial charge is 0.443 e. The van der Waals surface area contributed by atoms with Crippen molar-refractivity contribution in [2.45, 2.75) is 43.7 Å². The van der Waals surface area contributed by atoms with Crippen molar-refractivity contribution in [1.29, 1.82) is 0 Å². The zero-order valence-corrected chi connectivity index (χ0v) is 10.9. The van der Waals surface area contributed by atoms with Gasteiger partial charge in [0.15, 0.2) is 0 Å². The molecule has 98 valence electrons. The molecule has 1 aromatic heterocycles. The molecule has 0 spiro atoms. The van der Waals surface area contributed by atoms with Crippen molar-refractivity contribution >= 4 is 0 Å². The van der Waals surface area contributed by atoms with Crippen LogP contribution in [0.5, 0.6) is 0 Å². The molecule has 1 heterocycles. The van der Waals surface area contributed by atoms with Crippen molar-refractivity contribution in [3.63, 3.8) is 0 Å². The van der Waals surface area contributed by atoms with Crippen LogP contribution in [0.4, 0.5) is 0 Å². The molecule has 3 heteroatoms. The number of hydrogen-bond acceptors (Lipinski definition) is 3. The highest BCUT2D eigenvalue weighted by Gasteiger charge is 2.48. The summed E-state index contributed by atoms with van der Waals surface area (Å²) in [5, 5.41) is 3.44. The zero-order valence-electron chi connectivity index (χ0n) is 10.9. The Balaban J connectivity index is 1.55. The molecule has 0 radical (unpaired) electrons. The van der Waals surface area contributed by atoms with E-state index < -0.39 is 0 Å². The number of hydrogen-bond donors (Lipinski definition) is 1. The van der Waals surface area contributed by atoms with Gasteiger partial charge in [-0.2, -0.15) is 0 Å². The summed E-state index contributed by atoms with van der Waals surface area (Å²) >= 11 is 0. The molecule has 2 saturated carbocycles. The van der Waals surface area contributed by atoms with E-state index in [-0.39, 0.29) is 5.41 Å². The highest BCUT2D eigenvalue weighted by Crippen LogP contribution is 2.53. The first kappa shape index (κ1) is 11.2. The summed E-state index contributed by atoms with van der Waals surface area (Å²) in [6, 6.07) is 11.3. The van der Waals surface area contributed by atoms with Gasteiger partial charge in [0, 0.05) is 6.04 Å². The van der Waals surface area contributed by atoms with Crippen LogP contribution >= 0.6 is 0 Å². The maximum atomic E-state index is 5.97. The average Bonchev–Trinajstić information content (AvgIpc) is 3.38. The van der Waals surface area contributed by atoms with E-state index in [1.54, 1.807) is 0 Å². The first-order valence-corrected chi connectivity index (χ1v) is 7.11. The Labute approximate surface area is 113 Å². The van der Waals surface area contributed by atoms with Crippen LogP contribution in [0.25, 0.3) is 0 Å². The lowest BCUT2D eigenvalue weighted by Crippen LogP contribution is -2.15. The van der Waals surface area contributed by atoms with Gasteiger partial charge >= 0.3 is 0 Å². The van der Waals surface area contributed by atoms with Crippen molar-refractivity contribution in [3.8, 4) is 0 Å². The number of nitrogens with one attached hydrogen (secondary N) is 1. The number of benzene rings is 1. The van der Waals surface area contributed by atoms with Crippen molar-refractivity contribution in [2.24, 2.45) is 0 Å². The second-order valence-electron chi connectivity index (χ2n) is 5.72. The lowest BCUT2D eigenvalue weighted by atomic mass is 9.94. The van der Waals surface area contributed by atoms with Crippen molar-refractivity contribution in [2.75, 3.05) is 0 Å². The highest BCUT2D eigenvalue weighted by atomic mass is 16.4. The minimum absolute atomic E-state index is 0.103. The molecule has 1 N–H and O–H groups in total. The summed E-state index contributed by atoms with van der Waals surface area (Å²) in [5.74, 6) is 1.86. The quantitative estimate of drug-likeness (QED) is 0.891. The fourth-order valence-corrected chi connectivity index (χ4v) is 2.69. The fourth-order valence-electron chi connectivity index (χ4n) is 2.69. The van der Waals surface area contributed by atoms with Crippen LogP contribution < -0.4 is 5.32 Å². The average molecular weight is 254 g/mol. The molecule has 3 nitrogen and oxygen atoms in total. The SMILES string of the molecule is c1ccc(C2(c3cnc(CNC4CC4)o3)CC2)cc1. The molecule has 0 aliphatic heterocycles. The van der Waals surface area contributed by atoms with Crippen LogP contribution in [0, 0.1) is 0 Å². The van der Waals surface area contributed by atoms with Gasteiger partial charge in [-0.15, -0.1) is 0 Å². The summed E-state index contributed by atoms with van der Waals surface area (Å²) in [5.41, 5.74) is 1.46. The van der Waals surface area contributed by atoms with E-state index >= 15 is 0 Å². The zero-order chi connectivity index (χ0) is 12.7. The number of aromatic nitrogens is 1. The Morgan fingerprint density at radius 2 is 2.00 bits per heavy atom. The topological polar surface area (TPSA) is 38.1 Å². The molecular formula is C16H18N2O. The molecule has 0 amide bonds. The van der Waals surface area contributed by atoms with Crippen LogP contribution in [0.15, 0.2) is 40.9 Å². The maximum Gasteiger partial charge on any atom is 0.208 e. The molecular weight excluding hydrogens is 236 g/mol. The summed E-state index contributed by atoms with van der Waals surface area (Å²) in [6.07, 6.45) is 6.84. The first-order chi connectivity index (χ1) is 9.37. The van der Waals surface area contributed by atoms with Gasteiger partial charge in [0.2, 0.25) is 5.89 Å². The summed E-state index contributed by atoms with van der Waals surface area (Å²) < 4.78 is 5.97. The summed E-state index contributed by atoms with van der Waals surface area (Å²) in [7, 11) is 0. The van der Waals surface area contributed by atoms with E-state index in [1.165, 1.54) is 31.2 Å². The smallest absolute Gasteiger partial charge is 0.208 e. The van der Waals surface area contributed by atoms with Gasteiger partial charge in [0.05, 0.1) is 18.2 Å². The Kier molecular flexibility index (Phi) is 2.49. The van der Waals surface area contributed by atoms with Gasteiger partial charge in [-0.1, -0.05) is 30.3 Å². The van der Waals surface area contributed by atoms with Crippen molar-refractivity contribution < 1.29 is 4.42 Å². The van der Waals surface area contributed by atoms with Crippen molar-refractivity contribution in [1.82, 2.24) is 10.3 Å². The van der Waals surface area contributed by atoms with Crippen molar-refractivity contribution in [3.05, 3.63) is 53.7 Å². The number of rotatable bonds is 5. The standard InChI is InChI=1S/C16H18N2O/c1-2-4-12(5-3-1)16(8-9-16)14-10-18-15(19-14)11-17-13-6-7-13/h1-5,10,13,17H,6-9,11H2. The predicted octanol–water partition coefficient (Wildman–Crippen LogP) is 3.01. The van der Waals surface area contributed by atoms with Crippen LogP contribution in [0.3, 0.4) is 0 Å². The Morgan fingerprint density at radius 3 is 2.68 bits per heavy atom. The Bertz CT molecular complexity index is 567. The monoisotopic (exact) mass is 254 g/mol. The van der Waals surface area contributed by atoms with Gasteiger partial charge in [-0.05, 0) is 31.2 Å². The van der Waals surface area contributed by atoms with Gasteiger partial charge in [-0.3, -0.25) is 0 Å². The normalized spacial score (nSPS) is 20.4. The van der Waals surface area contributed by atoms with Gasteiger partial charge in [0.1, 0.15) is 5.76 Å². The Morgan fingerprint density at radius 1 is 1.21 bits per heavy atom. The van der Waals surface area contributed by atoms with Crippen LogP contribution in [0.1, 0.15) is 42.9 Å². The first-order valence-electron chi connectivity index (χ1n) is 7.11. The molecule has 0 unspecified atom stereocenters. The van der Waals surface area contributed by atoms with Gasteiger partial charge < -0.3 is 9.73 Å². The van der Waals surface area contributed by atoms with Gasteiger partial charge in [0.25, 0.3) is 0 Å². The minimum atomic E-state index is 0.103. The Hall–Kier alpha value is -1.61. The molecule has 0 bridgehead atoms. The fraction of sp³-hybridized carbons (Fsp3) is 0.438. The van der Waals surface area contributed by atoms with E-state index in [2.05, 4.69) is 40.6 Å². The molecule has 2 aliphatic carbocycles. The van der Waals surface area contributed by atoms with E-state index in [0.717, 1.165) is 18.2 Å². The lowest BCUT2D eigenvalue weighted by molar-refractivity contribution is 0.417. The molecule has 4 rings (SSSR count). The van der Waals surface area contributed by atoms with E-state index in [1.807, 2.05) is 6.20 Å². The molecule has 0 saturated heterocycles. The number of oxazole rings is 1. The molecule has 0 atom stereocenters. The highest BCUT2D eigenvalue weighted by molar-refractivity contribution is 5.39. The minimum Gasteiger partial charge on any atom is -0.443 e. The maximum absolute atomic E-state index is 5.97. The summed E-state index contributed by atoms with van der Waals surface area (Å²) in [4.78, 5) is 4.42. The second-order valence-corrected chi connectivity index (χ2v) is 5.72. The molecule has 2 aliphatic rings. The predicted molar refractivity (Wildman–Crippen MR) is 72.8 cm³/mol. The second kappa shape index (κ2) is 4.20. The third kappa shape index (κ3) is 2.08. The van der Waals surface area contributed by atoms with Gasteiger partial charge in [-0.25, -0.2) is 4.98 Å². The van der Waals surface area contributed by atoms with E-state index in [9.17, 15) is 0 Å². The molecule has 1 aromatic carbocycles. The third-order valence-electron chi connectivity index (χ3n) is 4.22. The lowest BCUT2D eigenvalue weighted by Gasteiger charge is -2.11. The van der Waals surface area contributed by atoms with E-state index in [0.29, 0.717) is 6.04 Å². The summed E-state index contributed by atoms with van der Waals surface area (Å²) in [6.45, 7) is 0.759. The van der Waals surface area contributed by atoms with Crippen LogP contribution in [-0.2, 0) is 12.0 Å². The molecule has 19 heavy (non-hydrogen) atoms.